The van der Waals surface area contributed by atoms with E-state index in [0.29, 0.717) is 5.92 Å². The summed E-state index contributed by atoms with van der Waals surface area (Å²) >= 11 is 0. The maximum absolute atomic E-state index is 13.8. The molecule has 0 radical (unpaired) electrons. The summed E-state index contributed by atoms with van der Waals surface area (Å²) in [5, 5.41) is 3.14. The highest BCUT2D eigenvalue weighted by molar-refractivity contribution is 5.82. The molecular formula is C27H36FNO2. The Morgan fingerprint density at radius 2 is 1.52 bits per heavy atom. The molecule has 3 nitrogen and oxygen atoms in total. The molecule has 0 heterocycles. The Morgan fingerprint density at radius 3 is 2.03 bits per heavy atom. The Labute approximate surface area is 186 Å². The van der Waals surface area contributed by atoms with Crippen LogP contribution in [0.1, 0.15) is 74.4 Å². The average Bonchev–Trinajstić information content (AvgIpc) is 2.62. The molecule has 1 N–H and O–H groups in total. The summed E-state index contributed by atoms with van der Waals surface area (Å²) in [4.78, 5) is 24.9. The monoisotopic (exact) mass is 425 g/mol. The molecule has 168 valence electrons. The highest BCUT2D eigenvalue weighted by Gasteiger charge is 2.24. The van der Waals surface area contributed by atoms with Crippen LogP contribution >= 0.6 is 0 Å². The summed E-state index contributed by atoms with van der Waals surface area (Å²) in [6.45, 7) is 15.5. The van der Waals surface area contributed by atoms with Crippen molar-refractivity contribution in [2.24, 2.45) is 11.8 Å². The lowest BCUT2D eigenvalue weighted by atomic mass is 9.87. The van der Waals surface area contributed by atoms with Crippen LogP contribution < -0.4 is 5.32 Å². The van der Waals surface area contributed by atoms with Gasteiger partial charge in [-0.3, -0.25) is 9.59 Å². The Bertz CT molecular complexity index is 954. The second kappa shape index (κ2) is 10.2. The number of amides is 1. The molecule has 2 rings (SSSR count). The molecule has 2 aromatic carbocycles. The van der Waals surface area contributed by atoms with Gasteiger partial charge >= 0.3 is 0 Å². The van der Waals surface area contributed by atoms with Crippen LogP contribution in [0.2, 0.25) is 0 Å². The van der Waals surface area contributed by atoms with E-state index in [0.717, 1.165) is 45.4 Å². The second-order valence-corrected chi connectivity index (χ2v) is 9.42. The van der Waals surface area contributed by atoms with Gasteiger partial charge in [-0.05, 0) is 104 Å². The number of carbonyl (C=O) groups excluding carboxylic acids is 2. The van der Waals surface area contributed by atoms with Crippen molar-refractivity contribution in [2.45, 2.75) is 74.3 Å². The van der Waals surface area contributed by atoms with E-state index in [1.54, 1.807) is 19.1 Å². The van der Waals surface area contributed by atoms with E-state index in [-0.39, 0.29) is 35.9 Å². The lowest BCUT2D eigenvalue weighted by Gasteiger charge is -2.25. The molecule has 0 bridgehead atoms. The average molecular weight is 426 g/mol. The lowest BCUT2D eigenvalue weighted by molar-refractivity contribution is -0.126. The summed E-state index contributed by atoms with van der Waals surface area (Å²) in [7, 11) is 0. The molecule has 2 atom stereocenters. The number of hydrogen-bond donors (Lipinski definition) is 1. The van der Waals surface area contributed by atoms with Gasteiger partial charge in [0, 0.05) is 12.3 Å². The zero-order valence-corrected chi connectivity index (χ0v) is 20.2. The lowest BCUT2D eigenvalue weighted by Crippen LogP contribution is -2.34. The van der Waals surface area contributed by atoms with Crippen molar-refractivity contribution < 1.29 is 14.0 Å². The highest BCUT2D eigenvalue weighted by Crippen LogP contribution is 2.34. The summed E-state index contributed by atoms with van der Waals surface area (Å²) < 4.78 is 13.8. The number of hydrogen-bond acceptors (Lipinski definition) is 2. The Morgan fingerprint density at radius 1 is 0.935 bits per heavy atom. The first-order valence-corrected chi connectivity index (χ1v) is 11.1. The zero-order valence-electron chi connectivity index (χ0n) is 20.2. The first-order valence-electron chi connectivity index (χ1n) is 11.1. The van der Waals surface area contributed by atoms with Gasteiger partial charge in [-0.25, -0.2) is 4.39 Å². The van der Waals surface area contributed by atoms with Crippen LogP contribution in [0.3, 0.4) is 0 Å². The van der Waals surface area contributed by atoms with E-state index in [2.05, 4.69) is 31.3 Å². The van der Waals surface area contributed by atoms with Gasteiger partial charge in [0.25, 0.3) is 0 Å². The van der Waals surface area contributed by atoms with Gasteiger partial charge in [0.15, 0.2) is 0 Å². The third kappa shape index (κ3) is 6.25. The maximum Gasteiger partial charge on any atom is 0.223 e. The number of aryl methyl sites for hydroxylation is 3. The summed E-state index contributed by atoms with van der Waals surface area (Å²) in [6.07, 6.45) is 1.04. The fourth-order valence-electron chi connectivity index (χ4n) is 4.41. The molecule has 31 heavy (non-hydrogen) atoms. The smallest absolute Gasteiger partial charge is 0.223 e. The predicted octanol–water partition coefficient (Wildman–Crippen LogP) is 6.54. The Kier molecular flexibility index (Phi) is 8.16. The highest BCUT2D eigenvalue weighted by atomic mass is 19.1. The number of nitrogens with one attached hydrogen (secondary N) is 1. The third-order valence-corrected chi connectivity index (χ3v) is 5.95. The predicted molar refractivity (Wildman–Crippen MR) is 126 cm³/mol. The van der Waals surface area contributed by atoms with Crippen LogP contribution in [0.15, 0.2) is 24.3 Å². The van der Waals surface area contributed by atoms with E-state index in [1.165, 1.54) is 0 Å². The van der Waals surface area contributed by atoms with Gasteiger partial charge in [-0.2, -0.15) is 0 Å². The van der Waals surface area contributed by atoms with Crippen molar-refractivity contribution >= 4 is 11.7 Å². The quantitative estimate of drug-likeness (QED) is 0.521. The number of benzene rings is 2. The standard InChI is InChI=1S/C27H36FNO2/c1-15(2)9-19(6)27(31)29-25(13-20(7)30)24-14-22(10-16(3)21(24)8)26-17(4)11-23(28)12-18(26)5/h10-12,14-15,19,25H,9,13H2,1-8H3,(H,29,31)/t19-,25?/m0/s1. The van der Waals surface area contributed by atoms with E-state index in [1.807, 2.05) is 34.6 Å². The van der Waals surface area contributed by atoms with Crippen molar-refractivity contribution in [3.63, 3.8) is 0 Å². The summed E-state index contributed by atoms with van der Waals surface area (Å²) in [5.41, 5.74) is 6.78. The normalized spacial score (nSPS) is 13.2. The van der Waals surface area contributed by atoms with Crippen LogP contribution in [-0.2, 0) is 9.59 Å². The van der Waals surface area contributed by atoms with Crippen LogP contribution in [0.5, 0.6) is 0 Å². The Balaban J connectivity index is 2.54. The van der Waals surface area contributed by atoms with E-state index >= 15 is 0 Å². The number of Topliss-reactive ketones (excluding diaryl/α,β-unsaturated/α-hetero) is 1. The fourth-order valence-corrected chi connectivity index (χ4v) is 4.41. The molecule has 0 aliphatic heterocycles. The fraction of sp³-hybridized carbons (Fsp3) is 0.481. The van der Waals surface area contributed by atoms with Crippen molar-refractivity contribution in [3.8, 4) is 11.1 Å². The van der Waals surface area contributed by atoms with Crippen LogP contribution in [0, 0.1) is 45.3 Å². The van der Waals surface area contributed by atoms with Crippen molar-refractivity contribution in [2.75, 3.05) is 0 Å². The molecular weight excluding hydrogens is 389 g/mol. The topological polar surface area (TPSA) is 46.2 Å². The number of ketones is 1. The van der Waals surface area contributed by atoms with Crippen LogP contribution in [-0.4, -0.2) is 11.7 Å². The molecule has 0 aliphatic carbocycles. The van der Waals surface area contributed by atoms with Gasteiger partial charge in [0.05, 0.1) is 6.04 Å². The first-order chi connectivity index (χ1) is 14.4. The van der Waals surface area contributed by atoms with Gasteiger partial charge in [-0.1, -0.05) is 26.8 Å². The number of carbonyl (C=O) groups is 2. The molecule has 0 spiro atoms. The van der Waals surface area contributed by atoms with Gasteiger partial charge < -0.3 is 5.32 Å². The van der Waals surface area contributed by atoms with E-state index < -0.39 is 0 Å². The van der Waals surface area contributed by atoms with Gasteiger partial charge in [0.1, 0.15) is 11.6 Å². The Hall–Kier alpha value is -2.49. The molecule has 0 aromatic heterocycles. The van der Waals surface area contributed by atoms with Crippen molar-refractivity contribution in [1.29, 1.82) is 0 Å². The third-order valence-electron chi connectivity index (χ3n) is 5.95. The van der Waals surface area contributed by atoms with Crippen LogP contribution in [0.25, 0.3) is 11.1 Å². The largest absolute Gasteiger partial charge is 0.349 e. The van der Waals surface area contributed by atoms with Crippen molar-refractivity contribution in [1.82, 2.24) is 5.32 Å². The second-order valence-electron chi connectivity index (χ2n) is 9.42. The van der Waals surface area contributed by atoms with E-state index in [4.69, 9.17) is 0 Å². The molecule has 1 unspecified atom stereocenters. The molecule has 1 amide bonds. The molecule has 0 fully saturated rings. The van der Waals surface area contributed by atoms with Crippen LogP contribution in [0.4, 0.5) is 4.39 Å². The molecule has 4 heteroatoms. The van der Waals surface area contributed by atoms with E-state index in [9.17, 15) is 14.0 Å². The molecule has 0 aliphatic rings. The summed E-state index contributed by atoms with van der Waals surface area (Å²) in [5.74, 6) is 0.0444. The maximum atomic E-state index is 13.8. The zero-order chi connectivity index (χ0) is 23.5. The molecule has 0 saturated carbocycles. The minimum absolute atomic E-state index is 0.0263. The molecule has 2 aromatic rings. The minimum atomic E-state index is -0.390. The number of rotatable bonds is 8. The summed E-state index contributed by atoms with van der Waals surface area (Å²) in [6, 6.07) is 6.84. The molecule has 0 saturated heterocycles. The van der Waals surface area contributed by atoms with Crippen molar-refractivity contribution in [3.05, 3.63) is 57.9 Å². The minimum Gasteiger partial charge on any atom is -0.349 e. The van der Waals surface area contributed by atoms with Gasteiger partial charge in [-0.15, -0.1) is 0 Å². The number of halogens is 1. The first kappa shape index (κ1) is 24.8. The SMILES string of the molecule is CC(=O)CC(NC(=O)[C@@H](C)CC(C)C)c1cc(-c2c(C)cc(F)cc2C)cc(C)c1C. The van der Waals surface area contributed by atoms with Gasteiger partial charge in [0.2, 0.25) is 5.91 Å².